The highest BCUT2D eigenvalue weighted by atomic mass is 16.5. The van der Waals surface area contributed by atoms with Gasteiger partial charge in [-0.15, -0.1) is 0 Å². The third kappa shape index (κ3) is 4.42. The number of benzene rings is 2. The molecule has 2 N–H and O–H groups in total. The van der Waals surface area contributed by atoms with Gasteiger partial charge in [0.05, 0.1) is 13.2 Å². The second-order valence-electron chi connectivity index (χ2n) is 6.45. The van der Waals surface area contributed by atoms with Gasteiger partial charge in [0.25, 0.3) is 5.91 Å². The first-order valence-corrected chi connectivity index (χ1v) is 8.97. The van der Waals surface area contributed by atoms with Crippen LogP contribution in [0.2, 0.25) is 0 Å². The number of nitrogens with one attached hydrogen (secondary N) is 2. The van der Waals surface area contributed by atoms with E-state index in [2.05, 4.69) is 22.8 Å². The molecule has 1 aliphatic rings. The zero-order chi connectivity index (χ0) is 18.4. The molecular weight excluding hydrogens is 328 g/mol. The van der Waals surface area contributed by atoms with Crippen LogP contribution in [-0.2, 0) is 11.2 Å². The van der Waals surface area contributed by atoms with Crippen molar-refractivity contribution in [1.82, 2.24) is 10.6 Å². The SMILES string of the molecule is COc1ccc(C(=O)NCCC(=O)N[C@@H]2CCCc3ccccc32)cc1. The monoisotopic (exact) mass is 352 g/mol. The summed E-state index contributed by atoms with van der Waals surface area (Å²) in [4.78, 5) is 24.3. The minimum atomic E-state index is -0.191. The molecule has 0 heterocycles. The lowest BCUT2D eigenvalue weighted by Gasteiger charge is -2.26. The molecule has 26 heavy (non-hydrogen) atoms. The first-order valence-electron chi connectivity index (χ1n) is 8.97. The van der Waals surface area contributed by atoms with Crippen molar-refractivity contribution >= 4 is 11.8 Å². The first-order chi connectivity index (χ1) is 12.7. The van der Waals surface area contributed by atoms with E-state index in [1.54, 1.807) is 31.4 Å². The van der Waals surface area contributed by atoms with Gasteiger partial charge in [-0.1, -0.05) is 24.3 Å². The van der Waals surface area contributed by atoms with Crippen LogP contribution >= 0.6 is 0 Å². The van der Waals surface area contributed by atoms with Crippen molar-refractivity contribution < 1.29 is 14.3 Å². The summed E-state index contributed by atoms with van der Waals surface area (Å²) in [5, 5.41) is 5.88. The Bertz CT molecular complexity index is 771. The molecule has 0 bridgehead atoms. The molecule has 5 nitrogen and oxygen atoms in total. The lowest BCUT2D eigenvalue weighted by atomic mass is 9.88. The van der Waals surface area contributed by atoms with Crippen LogP contribution in [0.1, 0.15) is 46.8 Å². The average Bonchev–Trinajstić information content (AvgIpc) is 2.68. The van der Waals surface area contributed by atoms with Crippen molar-refractivity contribution in [3.05, 3.63) is 65.2 Å². The lowest BCUT2D eigenvalue weighted by molar-refractivity contribution is -0.121. The summed E-state index contributed by atoms with van der Waals surface area (Å²) in [6.45, 7) is 0.311. The minimum absolute atomic E-state index is 0.0401. The number of fused-ring (bicyclic) bond motifs is 1. The molecule has 0 radical (unpaired) electrons. The van der Waals surface area contributed by atoms with Gasteiger partial charge in [-0.05, 0) is 54.7 Å². The van der Waals surface area contributed by atoms with E-state index in [9.17, 15) is 9.59 Å². The fourth-order valence-electron chi connectivity index (χ4n) is 3.30. The smallest absolute Gasteiger partial charge is 0.251 e. The molecule has 0 unspecified atom stereocenters. The van der Waals surface area contributed by atoms with Crippen LogP contribution in [0.25, 0.3) is 0 Å². The predicted octanol–water partition coefficient (Wildman–Crippen LogP) is 3.01. The molecule has 1 aliphatic carbocycles. The highest BCUT2D eigenvalue weighted by molar-refractivity contribution is 5.94. The van der Waals surface area contributed by atoms with E-state index in [4.69, 9.17) is 4.74 Å². The molecule has 136 valence electrons. The van der Waals surface area contributed by atoms with Crippen molar-refractivity contribution in [3.8, 4) is 5.75 Å². The van der Waals surface area contributed by atoms with E-state index in [0.29, 0.717) is 17.9 Å². The Morgan fingerprint density at radius 3 is 2.65 bits per heavy atom. The topological polar surface area (TPSA) is 67.4 Å². The van der Waals surface area contributed by atoms with Gasteiger partial charge in [0.2, 0.25) is 5.91 Å². The number of methoxy groups -OCH3 is 1. The molecule has 1 atom stereocenters. The Morgan fingerprint density at radius 1 is 1.12 bits per heavy atom. The molecule has 5 heteroatoms. The molecule has 2 aromatic carbocycles. The number of rotatable bonds is 6. The number of aryl methyl sites for hydroxylation is 1. The number of carbonyl (C=O) groups is 2. The van der Waals surface area contributed by atoms with Crippen LogP contribution in [0, 0.1) is 0 Å². The van der Waals surface area contributed by atoms with Crippen LogP contribution in [-0.4, -0.2) is 25.5 Å². The quantitative estimate of drug-likeness (QED) is 0.840. The van der Waals surface area contributed by atoms with Crippen molar-refractivity contribution in [1.29, 1.82) is 0 Å². The molecule has 0 aromatic heterocycles. The Labute approximate surface area is 153 Å². The Balaban J connectivity index is 1.46. The molecule has 0 saturated carbocycles. The normalized spacial score (nSPS) is 15.7. The van der Waals surface area contributed by atoms with Crippen molar-refractivity contribution in [2.45, 2.75) is 31.7 Å². The summed E-state index contributed by atoms with van der Waals surface area (Å²) in [7, 11) is 1.58. The summed E-state index contributed by atoms with van der Waals surface area (Å²) >= 11 is 0. The van der Waals surface area contributed by atoms with Gasteiger partial charge < -0.3 is 15.4 Å². The largest absolute Gasteiger partial charge is 0.497 e. The number of carbonyl (C=O) groups excluding carboxylic acids is 2. The van der Waals surface area contributed by atoms with Crippen LogP contribution in [0.5, 0.6) is 5.75 Å². The summed E-state index contributed by atoms with van der Waals surface area (Å²) in [6.07, 6.45) is 3.37. The maximum absolute atomic E-state index is 12.2. The van der Waals surface area contributed by atoms with Gasteiger partial charge in [0.15, 0.2) is 0 Å². The first kappa shape index (κ1) is 18.0. The maximum Gasteiger partial charge on any atom is 0.251 e. The van der Waals surface area contributed by atoms with Gasteiger partial charge in [-0.2, -0.15) is 0 Å². The van der Waals surface area contributed by atoms with E-state index in [-0.39, 0.29) is 24.3 Å². The van der Waals surface area contributed by atoms with E-state index in [1.807, 2.05) is 12.1 Å². The second-order valence-corrected chi connectivity index (χ2v) is 6.45. The van der Waals surface area contributed by atoms with Crippen LogP contribution in [0.3, 0.4) is 0 Å². The summed E-state index contributed by atoms with van der Waals surface area (Å²) < 4.78 is 5.07. The molecule has 0 aliphatic heterocycles. The predicted molar refractivity (Wildman–Crippen MR) is 100 cm³/mol. The number of hydrogen-bond acceptors (Lipinski definition) is 3. The van der Waals surface area contributed by atoms with Gasteiger partial charge in [-0.25, -0.2) is 0 Å². The molecule has 2 aromatic rings. The van der Waals surface area contributed by atoms with E-state index >= 15 is 0 Å². The number of amides is 2. The number of hydrogen-bond donors (Lipinski definition) is 2. The standard InChI is InChI=1S/C21H24N2O3/c1-26-17-11-9-16(10-12-17)21(25)22-14-13-20(24)23-19-8-4-6-15-5-2-3-7-18(15)19/h2-3,5,7,9-12,19H,4,6,8,13-14H2,1H3,(H,22,25)(H,23,24)/t19-/m1/s1. The Kier molecular flexibility index (Phi) is 5.89. The van der Waals surface area contributed by atoms with E-state index < -0.39 is 0 Å². The van der Waals surface area contributed by atoms with Crippen molar-refractivity contribution in [3.63, 3.8) is 0 Å². The average molecular weight is 352 g/mol. The van der Waals surface area contributed by atoms with Crippen LogP contribution in [0.15, 0.2) is 48.5 Å². The summed E-state index contributed by atoms with van der Waals surface area (Å²) in [5.41, 5.74) is 3.08. The Morgan fingerprint density at radius 2 is 1.88 bits per heavy atom. The van der Waals surface area contributed by atoms with E-state index in [1.165, 1.54) is 11.1 Å². The van der Waals surface area contributed by atoms with Crippen LogP contribution in [0.4, 0.5) is 0 Å². The van der Waals surface area contributed by atoms with E-state index in [0.717, 1.165) is 19.3 Å². The molecule has 0 spiro atoms. The molecule has 0 fully saturated rings. The van der Waals surface area contributed by atoms with Gasteiger partial charge >= 0.3 is 0 Å². The van der Waals surface area contributed by atoms with Crippen LogP contribution < -0.4 is 15.4 Å². The molecule has 2 amide bonds. The summed E-state index contributed by atoms with van der Waals surface area (Å²) in [5.74, 6) is 0.471. The molecule has 0 saturated heterocycles. The fourth-order valence-corrected chi connectivity index (χ4v) is 3.30. The maximum atomic E-state index is 12.2. The second kappa shape index (κ2) is 8.52. The summed E-state index contributed by atoms with van der Waals surface area (Å²) in [6, 6.07) is 15.2. The highest BCUT2D eigenvalue weighted by Crippen LogP contribution is 2.29. The minimum Gasteiger partial charge on any atom is -0.497 e. The Hall–Kier alpha value is -2.82. The van der Waals surface area contributed by atoms with Gasteiger partial charge in [0, 0.05) is 18.5 Å². The third-order valence-corrected chi connectivity index (χ3v) is 4.69. The third-order valence-electron chi connectivity index (χ3n) is 4.69. The fraction of sp³-hybridized carbons (Fsp3) is 0.333. The molecule has 3 rings (SSSR count). The van der Waals surface area contributed by atoms with Gasteiger partial charge in [0.1, 0.15) is 5.75 Å². The highest BCUT2D eigenvalue weighted by Gasteiger charge is 2.21. The number of ether oxygens (including phenoxy) is 1. The van der Waals surface area contributed by atoms with Crippen molar-refractivity contribution in [2.75, 3.05) is 13.7 Å². The van der Waals surface area contributed by atoms with Crippen molar-refractivity contribution in [2.24, 2.45) is 0 Å². The zero-order valence-corrected chi connectivity index (χ0v) is 15.0. The zero-order valence-electron chi connectivity index (χ0n) is 15.0. The lowest BCUT2D eigenvalue weighted by Crippen LogP contribution is -2.34. The van der Waals surface area contributed by atoms with Gasteiger partial charge in [-0.3, -0.25) is 9.59 Å². The molecular formula is C21H24N2O3.